The van der Waals surface area contributed by atoms with Gasteiger partial charge in [0.1, 0.15) is 0 Å². The summed E-state index contributed by atoms with van der Waals surface area (Å²) in [5, 5.41) is 26.1. The molecule has 1 amide bonds. The molecule has 0 radical (unpaired) electrons. The van der Waals surface area contributed by atoms with E-state index in [4.69, 9.17) is 9.15 Å². The Kier molecular flexibility index (Phi) is 9.49. The van der Waals surface area contributed by atoms with Crippen molar-refractivity contribution in [2.75, 3.05) is 13.1 Å². The van der Waals surface area contributed by atoms with Crippen molar-refractivity contribution in [1.82, 2.24) is 4.90 Å². The first kappa shape index (κ1) is 36.8. The van der Waals surface area contributed by atoms with Gasteiger partial charge in [-0.3, -0.25) is 14.4 Å². The van der Waals surface area contributed by atoms with Crippen molar-refractivity contribution < 1.29 is 33.8 Å². The lowest BCUT2D eigenvalue weighted by atomic mass is 9.64. The molecule has 52 heavy (non-hydrogen) atoms. The summed E-state index contributed by atoms with van der Waals surface area (Å²) >= 11 is 1.64. The van der Waals surface area contributed by atoms with Crippen molar-refractivity contribution in [3.05, 3.63) is 93.1 Å². The fourth-order valence-corrected chi connectivity index (χ4v) is 10.7. The number of allylic oxidation sites excluding steroid dienone is 2. The molecule has 278 valence electrons. The first-order valence-electron chi connectivity index (χ1n) is 19.0. The maximum absolute atomic E-state index is 15.1. The van der Waals surface area contributed by atoms with Crippen LogP contribution in [0.25, 0.3) is 0 Å². The molecule has 3 aromatic rings. The van der Waals surface area contributed by atoms with Gasteiger partial charge in [-0.2, -0.15) is 0 Å². The van der Waals surface area contributed by atoms with Gasteiger partial charge >= 0.3 is 5.97 Å². The topological polar surface area (TPSA) is 117 Å². The van der Waals surface area contributed by atoms with Gasteiger partial charge < -0.3 is 24.3 Å². The molecule has 2 saturated carbocycles. The van der Waals surface area contributed by atoms with Crippen molar-refractivity contribution >= 4 is 29.0 Å². The molecule has 6 unspecified atom stereocenters. The van der Waals surface area contributed by atoms with Crippen molar-refractivity contribution in [2.45, 2.75) is 122 Å². The van der Waals surface area contributed by atoms with Crippen molar-refractivity contribution in [2.24, 2.45) is 16.2 Å². The summed E-state index contributed by atoms with van der Waals surface area (Å²) in [6, 6.07) is 13.4. The number of nitrogens with zero attached hydrogens (tertiary/aromatic N) is 1. The molecule has 1 saturated heterocycles. The zero-order valence-corrected chi connectivity index (χ0v) is 32.0. The minimum absolute atomic E-state index is 0.0880. The lowest BCUT2D eigenvalue weighted by Gasteiger charge is -2.47. The maximum Gasteiger partial charge on any atom is 0.313 e. The minimum atomic E-state index is -1.31. The lowest BCUT2D eigenvalue weighted by Crippen LogP contribution is -2.60. The second kappa shape index (κ2) is 13.4. The normalized spacial score (nSPS) is 32.6. The molecule has 8 rings (SSSR count). The summed E-state index contributed by atoms with van der Waals surface area (Å²) < 4.78 is 11.7. The summed E-state index contributed by atoms with van der Waals surface area (Å²) in [5.41, 5.74) is -1.37. The van der Waals surface area contributed by atoms with Crippen LogP contribution in [0, 0.1) is 16.2 Å². The smallest absolute Gasteiger partial charge is 0.313 e. The van der Waals surface area contributed by atoms with Gasteiger partial charge in [0.15, 0.2) is 11.4 Å². The Labute approximate surface area is 311 Å². The third-order valence-electron chi connectivity index (χ3n) is 14.0. The number of furan rings is 1. The molecule has 5 aliphatic rings. The third-order valence-corrected chi connectivity index (χ3v) is 15.0. The number of aliphatic hydroxyl groups excluding tert-OH is 1. The average Bonchev–Trinajstić information content (AvgIpc) is 3.93. The number of carbonyl (C=O) groups excluding carboxylic acids is 3. The second-order valence-electron chi connectivity index (χ2n) is 17.0. The van der Waals surface area contributed by atoms with Crippen LogP contribution in [0.4, 0.5) is 0 Å². The van der Waals surface area contributed by atoms with E-state index in [2.05, 4.69) is 26.0 Å². The van der Waals surface area contributed by atoms with Crippen LogP contribution < -0.4 is 0 Å². The quantitative estimate of drug-likeness (QED) is 0.138. The van der Waals surface area contributed by atoms with Gasteiger partial charge in [0.2, 0.25) is 5.78 Å². The number of aliphatic hydroxyl groups is 2. The largest absolute Gasteiger partial charge is 0.461 e. The predicted molar refractivity (Wildman–Crippen MR) is 200 cm³/mol. The van der Waals surface area contributed by atoms with Crippen LogP contribution in [0.1, 0.15) is 124 Å². The first-order chi connectivity index (χ1) is 24.6. The summed E-state index contributed by atoms with van der Waals surface area (Å²) in [6.45, 7) is 10.6. The van der Waals surface area contributed by atoms with E-state index in [1.54, 1.807) is 28.4 Å². The van der Waals surface area contributed by atoms with Gasteiger partial charge in [-0.1, -0.05) is 50.6 Å². The summed E-state index contributed by atoms with van der Waals surface area (Å²) in [5.74, 6) is -0.726. The molecule has 4 aliphatic carbocycles. The molecule has 8 nitrogen and oxygen atoms in total. The number of hydrogen-bond donors (Lipinski definition) is 2. The first-order valence-corrected chi connectivity index (χ1v) is 19.8. The van der Waals surface area contributed by atoms with E-state index < -0.39 is 33.6 Å². The van der Waals surface area contributed by atoms with Crippen LogP contribution in [-0.2, 0) is 27.2 Å². The molecule has 3 heterocycles. The van der Waals surface area contributed by atoms with Crippen LogP contribution in [0.5, 0.6) is 0 Å². The zero-order valence-electron chi connectivity index (χ0n) is 31.2. The molecule has 9 heteroatoms. The Morgan fingerprint density at radius 1 is 1.02 bits per heavy atom. The monoisotopic (exact) mass is 727 g/mol. The average molecular weight is 728 g/mol. The molecule has 0 spiro atoms. The summed E-state index contributed by atoms with van der Waals surface area (Å²) in [4.78, 5) is 45.4. The van der Waals surface area contributed by atoms with E-state index in [1.807, 2.05) is 50.4 Å². The second-order valence-corrected chi connectivity index (χ2v) is 18.0. The predicted octanol–water partition coefficient (Wildman–Crippen LogP) is 7.80. The van der Waals surface area contributed by atoms with Crippen molar-refractivity contribution in [3.8, 4) is 0 Å². The van der Waals surface area contributed by atoms with Gasteiger partial charge in [-0.15, -0.1) is 11.3 Å². The fraction of sp³-hybridized carbons (Fsp3) is 0.558. The third kappa shape index (κ3) is 5.82. The molecule has 1 aromatic carbocycles. The number of thiophene rings is 1. The molecule has 1 aliphatic heterocycles. The number of carbonyl (C=O) groups is 3. The van der Waals surface area contributed by atoms with Crippen LogP contribution in [0.3, 0.4) is 0 Å². The highest BCUT2D eigenvalue weighted by molar-refractivity contribution is 7.09. The molecule has 2 aromatic heterocycles. The lowest BCUT2D eigenvalue weighted by molar-refractivity contribution is -0.177. The number of ether oxygens (including phenoxy) is 1. The van der Waals surface area contributed by atoms with Crippen LogP contribution in [-0.4, -0.2) is 63.2 Å². The van der Waals surface area contributed by atoms with E-state index in [0.29, 0.717) is 69.9 Å². The number of hydrogen-bond acceptors (Lipinski definition) is 8. The number of rotatable bonds is 8. The Morgan fingerprint density at radius 3 is 2.50 bits per heavy atom. The van der Waals surface area contributed by atoms with Crippen molar-refractivity contribution in [3.63, 3.8) is 0 Å². The van der Waals surface area contributed by atoms with Crippen LogP contribution >= 0.6 is 11.3 Å². The maximum atomic E-state index is 15.1. The Morgan fingerprint density at radius 2 is 1.83 bits per heavy atom. The SMILES string of the molecule is CC1=CCCC2(C)C(CCC2(O)CN(CCc2cccs2)C(=O)C23CCC(C)(C(=O)O2)C3(C)C)c2ccc(cc2C(=O)c2ccco2)CC(O)CC1. The molecule has 3 fully saturated rings. The molecular weight excluding hydrogens is 675 g/mol. The van der Waals surface area contributed by atoms with Gasteiger partial charge in [0, 0.05) is 27.8 Å². The highest BCUT2D eigenvalue weighted by Gasteiger charge is 2.76. The van der Waals surface area contributed by atoms with Crippen molar-refractivity contribution in [1.29, 1.82) is 0 Å². The Bertz CT molecular complexity index is 1860. The molecule has 4 bridgehead atoms. The number of amides is 1. The van der Waals surface area contributed by atoms with Gasteiger partial charge in [0.25, 0.3) is 5.91 Å². The van der Waals surface area contributed by atoms with Crippen LogP contribution in [0.2, 0.25) is 0 Å². The van der Waals surface area contributed by atoms with E-state index in [9.17, 15) is 19.8 Å². The molecule has 2 N–H and O–H groups in total. The highest BCUT2D eigenvalue weighted by atomic mass is 32.1. The highest BCUT2D eigenvalue weighted by Crippen LogP contribution is 2.66. The van der Waals surface area contributed by atoms with E-state index in [1.165, 1.54) is 11.8 Å². The Hall–Kier alpha value is -3.53. The standard InChI is InChI=1S/C43H53NO7S/c1-28-9-6-18-40(4)34(32-15-13-29(25-30(45)14-12-28)26-33(32)36(46)35-11-7-23-50-35)16-19-42(40,49)27-44(22-17-31-10-8-24-52-31)37(47)43-21-20-41(5,38(48)51-43)39(43,2)3/h7-11,13,15,23-24,26,30,34,45,49H,6,12,14,16-22,25,27H2,1-5H3. The number of fused-ring (bicyclic) bond motifs is 10. The van der Waals surface area contributed by atoms with Gasteiger partial charge in [-0.25, -0.2) is 0 Å². The fourth-order valence-electron chi connectivity index (χ4n) is 9.98. The zero-order chi connectivity index (χ0) is 37.1. The number of ketones is 1. The van der Waals surface area contributed by atoms with E-state index >= 15 is 4.79 Å². The van der Waals surface area contributed by atoms with E-state index in [0.717, 1.165) is 22.4 Å². The summed E-state index contributed by atoms with van der Waals surface area (Å²) in [6.07, 6.45) is 9.01. The minimum Gasteiger partial charge on any atom is -0.461 e. The number of benzene rings is 1. The Balaban J connectivity index is 1.30. The van der Waals surface area contributed by atoms with E-state index in [-0.39, 0.29) is 35.9 Å². The van der Waals surface area contributed by atoms with Gasteiger partial charge in [-0.05, 0) is 125 Å². The van der Waals surface area contributed by atoms with Crippen LogP contribution in [0.15, 0.2) is 70.2 Å². The number of esters is 1. The summed E-state index contributed by atoms with van der Waals surface area (Å²) in [7, 11) is 0. The van der Waals surface area contributed by atoms with Gasteiger partial charge in [0.05, 0.1) is 29.9 Å². The molecular formula is C43H53NO7S. The molecule has 6 atom stereocenters.